The smallest absolute Gasteiger partial charge is 0.351 e. The minimum absolute atomic E-state index is 0.0784. The number of halogens is 3. The number of amides is 1. The van der Waals surface area contributed by atoms with E-state index in [4.69, 9.17) is 0 Å². The molecule has 0 spiro atoms. The van der Waals surface area contributed by atoms with E-state index in [0.29, 0.717) is 4.90 Å². The van der Waals surface area contributed by atoms with Crippen molar-refractivity contribution in [1.82, 2.24) is 5.32 Å². The van der Waals surface area contributed by atoms with Crippen LogP contribution in [0.5, 0.6) is 0 Å². The summed E-state index contributed by atoms with van der Waals surface area (Å²) in [6.45, 7) is 0.108. The summed E-state index contributed by atoms with van der Waals surface area (Å²) in [5, 5.41) is 2.48. The summed E-state index contributed by atoms with van der Waals surface area (Å²) in [5.74, 6) is -0.435. The van der Waals surface area contributed by atoms with Crippen molar-refractivity contribution in [3.8, 4) is 0 Å². The van der Waals surface area contributed by atoms with E-state index in [2.05, 4.69) is 5.32 Å². The van der Waals surface area contributed by atoms with Gasteiger partial charge in [-0.15, -0.1) is 0 Å². The number of benzene rings is 2. The Balaban J connectivity index is 1.92. The van der Waals surface area contributed by atoms with Crippen LogP contribution in [0.3, 0.4) is 0 Å². The molecule has 122 valence electrons. The molecular formula is C16H14F3NO2S. The largest absolute Gasteiger partial charge is 0.416 e. The van der Waals surface area contributed by atoms with E-state index in [1.807, 2.05) is 0 Å². The zero-order valence-electron chi connectivity index (χ0n) is 12.0. The van der Waals surface area contributed by atoms with Gasteiger partial charge in [0.05, 0.1) is 16.4 Å². The predicted molar refractivity (Wildman–Crippen MR) is 81.5 cm³/mol. The fourth-order valence-electron chi connectivity index (χ4n) is 1.89. The highest BCUT2D eigenvalue weighted by Gasteiger charge is 2.30. The Labute approximate surface area is 134 Å². The lowest BCUT2D eigenvalue weighted by molar-refractivity contribution is -0.137. The first-order valence-corrected chi connectivity index (χ1v) is 8.09. The van der Waals surface area contributed by atoms with Gasteiger partial charge in [0, 0.05) is 22.8 Å². The zero-order chi connectivity index (χ0) is 16.9. The average molecular weight is 341 g/mol. The molecule has 0 bridgehead atoms. The van der Waals surface area contributed by atoms with Crippen LogP contribution in [0.15, 0.2) is 59.5 Å². The predicted octanol–water partition coefficient (Wildman–Crippen LogP) is 3.24. The number of rotatable bonds is 5. The third-order valence-corrected chi connectivity index (χ3v) is 4.40. The van der Waals surface area contributed by atoms with Gasteiger partial charge in [-0.1, -0.05) is 24.3 Å². The third-order valence-electron chi connectivity index (χ3n) is 3.03. The van der Waals surface area contributed by atoms with Crippen molar-refractivity contribution in [2.45, 2.75) is 11.1 Å². The van der Waals surface area contributed by atoms with Crippen LogP contribution in [0, 0.1) is 0 Å². The van der Waals surface area contributed by atoms with Crippen molar-refractivity contribution in [2.24, 2.45) is 0 Å². The minimum Gasteiger partial charge on any atom is -0.351 e. The van der Waals surface area contributed by atoms with Gasteiger partial charge >= 0.3 is 6.18 Å². The SMILES string of the molecule is O=C(NCC[S@](=O)c1ccccc1)c1cccc(C(F)(F)F)c1. The Morgan fingerprint density at radius 1 is 1.04 bits per heavy atom. The van der Waals surface area contributed by atoms with E-state index in [9.17, 15) is 22.2 Å². The molecule has 0 fully saturated rings. The minimum atomic E-state index is -4.49. The molecule has 2 rings (SSSR count). The molecule has 0 aromatic heterocycles. The highest BCUT2D eigenvalue weighted by molar-refractivity contribution is 7.85. The fraction of sp³-hybridized carbons (Fsp3) is 0.188. The molecule has 0 saturated carbocycles. The van der Waals surface area contributed by atoms with E-state index >= 15 is 0 Å². The molecule has 0 heterocycles. The Bertz CT molecular complexity index is 702. The highest BCUT2D eigenvalue weighted by Crippen LogP contribution is 2.29. The van der Waals surface area contributed by atoms with E-state index in [-0.39, 0.29) is 17.9 Å². The quantitative estimate of drug-likeness (QED) is 0.907. The van der Waals surface area contributed by atoms with Crippen LogP contribution in [-0.2, 0) is 17.0 Å². The van der Waals surface area contributed by atoms with Crippen molar-refractivity contribution in [2.75, 3.05) is 12.3 Å². The zero-order valence-corrected chi connectivity index (χ0v) is 12.8. The second-order valence-corrected chi connectivity index (χ2v) is 6.27. The first kappa shape index (κ1) is 17.2. The van der Waals surface area contributed by atoms with Crippen molar-refractivity contribution >= 4 is 16.7 Å². The van der Waals surface area contributed by atoms with Crippen LogP contribution in [0.25, 0.3) is 0 Å². The molecule has 1 atom stereocenters. The highest BCUT2D eigenvalue weighted by atomic mass is 32.2. The van der Waals surface area contributed by atoms with Gasteiger partial charge in [-0.25, -0.2) is 0 Å². The van der Waals surface area contributed by atoms with Crippen molar-refractivity contribution in [3.05, 3.63) is 65.7 Å². The summed E-state index contributed by atoms with van der Waals surface area (Å²) in [4.78, 5) is 12.5. The summed E-state index contributed by atoms with van der Waals surface area (Å²) >= 11 is 0. The molecule has 1 amide bonds. The monoisotopic (exact) mass is 341 g/mol. The van der Waals surface area contributed by atoms with Crippen LogP contribution >= 0.6 is 0 Å². The molecule has 0 aliphatic rings. The van der Waals surface area contributed by atoms with Crippen molar-refractivity contribution < 1.29 is 22.2 Å². The van der Waals surface area contributed by atoms with Crippen molar-refractivity contribution in [3.63, 3.8) is 0 Å². The van der Waals surface area contributed by atoms with Crippen LogP contribution in [-0.4, -0.2) is 22.4 Å². The molecular weight excluding hydrogens is 327 g/mol. The van der Waals surface area contributed by atoms with Gasteiger partial charge in [-0.2, -0.15) is 13.2 Å². The first-order valence-electron chi connectivity index (χ1n) is 6.77. The first-order chi connectivity index (χ1) is 10.9. The van der Waals surface area contributed by atoms with Crippen LogP contribution in [0.1, 0.15) is 15.9 Å². The van der Waals surface area contributed by atoms with E-state index < -0.39 is 28.4 Å². The van der Waals surface area contributed by atoms with Gasteiger partial charge in [-0.3, -0.25) is 9.00 Å². The maximum atomic E-state index is 12.6. The second-order valence-electron chi connectivity index (χ2n) is 4.70. The topological polar surface area (TPSA) is 46.2 Å². The summed E-state index contributed by atoms with van der Waals surface area (Å²) in [6, 6.07) is 12.9. The van der Waals surface area contributed by atoms with Gasteiger partial charge in [0.15, 0.2) is 0 Å². The Hall–Kier alpha value is -2.15. The lowest BCUT2D eigenvalue weighted by atomic mass is 10.1. The second kappa shape index (κ2) is 7.41. The molecule has 2 aromatic rings. The lowest BCUT2D eigenvalue weighted by Gasteiger charge is -2.09. The Kier molecular flexibility index (Phi) is 5.54. The van der Waals surface area contributed by atoms with Gasteiger partial charge in [0.2, 0.25) is 0 Å². The van der Waals surface area contributed by atoms with E-state index in [1.165, 1.54) is 12.1 Å². The summed E-state index contributed by atoms with van der Waals surface area (Å²) in [5.41, 5.74) is -0.955. The summed E-state index contributed by atoms with van der Waals surface area (Å²) in [6.07, 6.45) is -4.49. The molecule has 0 aliphatic heterocycles. The van der Waals surface area contributed by atoms with Crippen molar-refractivity contribution in [1.29, 1.82) is 0 Å². The van der Waals surface area contributed by atoms with Gasteiger partial charge < -0.3 is 5.32 Å². The number of nitrogens with one attached hydrogen (secondary N) is 1. The molecule has 23 heavy (non-hydrogen) atoms. The van der Waals surface area contributed by atoms with Gasteiger partial charge in [0.1, 0.15) is 0 Å². The molecule has 0 aliphatic carbocycles. The standard InChI is InChI=1S/C16H14F3NO2S/c17-16(18,19)13-6-4-5-12(11-13)15(21)20-9-10-23(22)14-7-2-1-3-8-14/h1-8,11H,9-10H2,(H,20,21)/t23-/m0/s1. The normalized spacial score (nSPS) is 12.7. The summed E-state index contributed by atoms with van der Waals surface area (Å²) in [7, 11) is -1.27. The number of carbonyl (C=O) groups excluding carboxylic acids is 1. The molecule has 2 aromatic carbocycles. The molecule has 1 N–H and O–H groups in total. The van der Waals surface area contributed by atoms with Gasteiger partial charge in [0.25, 0.3) is 5.91 Å². The van der Waals surface area contributed by atoms with E-state index in [1.54, 1.807) is 30.3 Å². The lowest BCUT2D eigenvalue weighted by Crippen LogP contribution is -2.28. The Morgan fingerprint density at radius 3 is 2.39 bits per heavy atom. The third kappa shape index (κ3) is 4.92. The number of hydrogen-bond donors (Lipinski definition) is 1. The van der Waals surface area contributed by atoms with Crippen LogP contribution in [0.2, 0.25) is 0 Å². The number of hydrogen-bond acceptors (Lipinski definition) is 2. The molecule has 0 radical (unpaired) electrons. The van der Waals surface area contributed by atoms with Gasteiger partial charge in [-0.05, 0) is 30.3 Å². The van der Waals surface area contributed by atoms with E-state index in [0.717, 1.165) is 12.1 Å². The van der Waals surface area contributed by atoms with Crippen LogP contribution < -0.4 is 5.32 Å². The average Bonchev–Trinajstić information content (AvgIpc) is 2.54. The Morgan fingerprint density at radius 2 is 1.74 bits per heavy atom. The molecule has 7 heteroatoms. The maximum absolute atomic E-state index is 12.6. The number of alkyl halides is 3. The molecule has 0 saturated heterocycles. The molecule has 3 nitrogen and oxygen atoms in total. The summed E-state index contributed by atoms with van der Waals surface area (Å²) < 4.78 is 49.8. The maximum Gasteiger partial charge on any atom is 0.416 e. The fourth-order valence-corrected chi connectivity index (χ4v) is 2.87. The number of carbonyl (C=O) groups is 1. The van der Waals surface area contributed by atoms with Crippen LogP contribution in [0.4, 0.5) is 13.2 Å². The molecule has 0 unspecified atom stereocenters.